The summed E-state index contributed by atoms with van der Waals surface area (Å²) in [6.07, 6.45) is 3.01. The Morgan fingerprint density at radius 2 is 2.15 bits per heavy atom. The van der Waals surface area contributed by atoms with Crippen molar-refractivity contribution in [3.63, 3.8) is 0 Å². The van der Waals surface area contributed by atoms with Crippen molar-refractivity contribution in [1.82, 2.24) is 19.7 Å². The van der Waals surface area contributed by atoms with Crippen molar-refractivity contribution in [2.75, 3.05) is 20.3 Å². The number of rotatable bonds is 5. The summed E-state index contributed by atoms with van der Waals surface area (Å²) >= 11 is 0. The smallest absolute Gasteiger partial charge is 0.165 e. The Morgan fingerprint density at radius 3 is 2.89 bits per heavy atom. The van der Waals surface area contributed by atoms with Gasteiger partial charge in [0.15, 0.2) is 11.5 Å². The first-order valence-electron chi connectivity index (χ1n) is 9.88. The Bertz CT molecular complexity index is 785. The van der Waals surface area contributed by atoms with Crippen LogP contribution in [0, 0.1) is 0 Å². The van der Waals surface area contributed by atoms with E-state index in [1.807, 2.05) is 12.1 Å². The summed E-state index contributed by atoms with van der Waals surface area (Å²) in [6.45, 7) is 6.32. The fourth-order valence-electron chi connectivity index (χ4n) is 4.11. The molecule has 1 aromatic carbocycles. The van der Waals surface area contributed by atoms with Gasteiger partial charge in [0.1, 0.15) is 11.6 Å². The molecule has 1 fully saturated rings. The van der Waals surface area contributed by atoms with Gasteiger partial charge >= 0.3 is 0 Å². The molecule has 7 heteroatoms. The Labute approximate surface area is 160 Å². The minimum absolute atomic E-state index is 0.321. The molecule has 7 nitrogen and oxygen atoms in total. The molecule has 2 aromatic rings. The first kappa shape index (κ1) is 18.3. The lowest BCUT2D eigenvalue weighted by molar-refractivity contribution is 0.190. The second-order valence-electron chi connectivity index (χ2n) is 7.51. The molecule has 0 spiro atoms. The van der Waals surface area contributed by atoms with Crippen molar-refractivity contribution in [2.45, 2.75) is 57.8 Å². The maximum absolute atomic E-state index is 5.97. The van der Waals surface area contributed by atoms with Gasteiger partial charge in [-0.3, -0.25) is 4.90 Å². The summed E-state index contributed by atoms with van der Waals surface area (Å²) in [4.78, 5) is 2.42. The Morgan fingerprint density at radius 1 is 1.30 bits per heavy atom. The van der Waals surface area contributed by atoms with Crippen LogP contribution >= 0.6 is 0 Å². The van der Waals surface area contributed by atoms with Gasteiger partial charge in [0.05, 0.1) is 20.3 Å². The molecule has 0 unspecified atom stereocenters. The van der Waals surface area contributed by atoms with Crippen LogP contribution < -0.4 is 15.2 Å². The summed E-state index contributed by atoms with van der Waals surface area (Å²) in [5, 5.41) is 9.04. The fraction of sp³-hybridized carbons (Fsp3) is 0.600. The highest BCUT2D eigenvalue weighted by Crippen LogP contribution is 2.36. The highest BCUT2D eigenvalue weighted by Gasteiger charge is 2.32. The van der Waals surface area contributed by atoms with Gasteiger partial charge in [-0.2, -0.15) is 0 Å². The van der Waals surface area contributed by atoms with E-state index in [4.69, 9.17) is 15.2 Å². The highest BCUT2D eigenvalue weighted by atomic mass is 16.5. The molecule has 0 saturated heterocycles. The van der Waals surface area contributed by atoms with E-state index < -0.39 is 0 Å². The van der Waals surface area contributed by atoms with Crippen LogP contribution in [0.2, 0.25) is 0 Å². The van der Waals surface area contributed by atoms with Crippen molar-refractivity contribution in [1.29, 1.82) is 0 Å². The van der Waals surface area contributed by atoms with Crippen LogP contribution in [0.25, 0.3) is 0 Å². The lowest BCUT2D eigenvalue weighted by atomic mass is 9.80. The second-order valence-corrected chi connectivity index (χ2v) is 7.51. The number of fused-ring (bicyclic) bond motifs is 1. The Kier molecular flexibility index (Phi) is 5.31. The second kappa shape index (κ2) is 7.86. The first-order valence-corrected chi connectivity index (χ1v) is 9.88. The van der Waals surface area contributed by atoms with Crippen LogP contribution in [-0.4, -0.2) is 46.0 Å². The third-order valence-corrected chi connectivity index (χ3v) is 5.62. The van der Waals surface area contributed by atoms with Crippen molar-refractivity contribution in [3.8, 4) is 11.5 Å². The quantitative estimate of drug-likeness (QED) is 0.869. The molecule has 1 saturated carbocycles. The molecule has 0 radical (unpaired) electrons. The molecule has 146 valence electrons. The normalized spacial score (nSPS) is 22.9. The van der Waals surface area contributed by atoms with Gasteiger partial charge in [-0.15, -0.1) is 10.2 Å². The summed E-state index contributed by atoms with van der Waals surface area (Å²) in [6, 6.07) is 6.41. The zero-order valence-electron chi connectivity index (χ0n) is 16.2. The minimum atomic E-state index is 0.321. The van der Waals surface area contributed by atoms with E-state index in [2.05, 4.69) is 32.7 Å². The van der Waals surface area contributed by atoms with Gasteiger partial charge in [-0.25, -0.2) is 0 Å². The van der Waals surface area contributed by atoms with E-state index in [1.54, 1.807) is 7.11 Å². The number of aromatic nitrogens is 3. The van der Waals surface area contributed by atoms with Crippen molar-refractivity contribution in [2.24, 2.45) is 5.73 Å². The van der Waals surface area contributed by atoms with Crippen LogP contribution in [0.3, 0.4) is 0 Å². The van der Waals surface area contributed by atoms with E-state index in [0.717, 1.165) is 74.2 Å². The van der Waals surface area contributed by atoms with Gasteiger partial charge in [-0.05, 0) is 32.3 Å². The zero-order valence-corrected chi connectivity index (χ0v) is 16.2. The standard InChI is InChI=1S/C20H29N5O2/c1-3-25-18(22-23-20(25)15-10-16(21)11-15)13-24-8-5-9-27-19-14(12-24)6-4-7-17(19)26-2/h4,6-7,15-16H,3,5,8-13,21H2,1-2H3. The van der Waals surface area contributed by atoms with Gasteiger partial charge in [0, 0.05) is 37.2 Å². The number of hydrogen-bond acceptors (Lipinski definition) is 6. The summed E-state index contributed by atoms with van der Waals surface area (Å²) in [7, 11) is 1.69. The van der Waals surface area contributed by atoms with Crippen LogP contribution in [0.1, 0.15) is 49.3 Å². The number of nitrogens with zero attached hydrogens (tertiary/aromatic N) is 4. The van der Waals surface area contributed by atoms with Crippen LogP contribution in [0.4, 0.5) is 0 Å². The Hall–Kier alpha value is -2.12. The molecule has 2 heterocycles. The number of para-hydroxylation sites is 1. The average Bonchev–Trinajstić information content (AvgIpc) is 3.02. The number of hydrogen-bond donors (Lipinski definition) is 1. The summed E-state index contributed by atoms with van der Waals surface area (Å²) < 4.78 is 13.7. The molecule has 1 aliphatic heterocycles. The van der Waals surface area contributed by atoms with Crippen LogP contribution in [0.15, 0.2) is 18.2 Å². The van der Waals surface area contributed by atoms with Gasteiger partial charge < -0.3 is 19.8 Å². The SMILES string of the molecule is CCn1c(CN2CCCOc3c(cccc3OC)C2)nnc1C1CC(N)C1. The topological polar surface area (TPSA) is 78.4 Å². The molecule has 1 aromatic heterocycles. The molecule has 0 bridgehead atoms. The maximum Gasteiger partial charge on any atom is 0.165 e. The van der Waals surface area contributed by atoms with Crippen molar-refractivity contribution in [3.05, 3.63) is 35.4 Å². The molecular formula is C20H29N5O2. The number of nitrogens with two attached hydrogens (primary N) is 1. The van der Waals surface area contributed by atoms with E-state index in [-0.39, 0.29) is 0 Å². The molecule has 1 aliphatic carbocycles. The average molecular weight is 371 g/mol. The Balaban J connectivity index is 1.54. The van der Waals surface area contributed by atoms with E-state index in [9.17, 15) is 0 Å². The molecular weight excluding hydrogens is 342 g/mol. The number of benzene rings is 1. The predicted octanol–water partition coefficient (Wildman–Crippen LogP) is 2.30. The number of ether oxygens (including phenoxy) is 2. The lowest BCUT2D eigenvalue weighted by Gasteiger charge is -2.32. The molecule has 4 rings (SSSR count). The molecule has 2 N–H and O–H groups in total. The molecule has 0 amide bonds. The van der Waals surface area contributed by atoms with Gasteiger partial charge in [-0.1, -0.05) is 12.1 Å². The number of methoxy groups -OCH3 is 1. The molecule has 0 atom stereocenters. The van der Waals surface area contributed by atoms with Crippen LogP contribution in [-0.2, 0) is 19.6 Å². The summed E-state index contributed by atoms with van der Waals surface area (Å²) in [5.74, 6) is 4.28. The largest absolute Gasteiger partial charge is 0.493 e. The fourth-order valence-corrected chi connectivity index (χ4v) is 4.11. The first-order chi connectivity index (χ1) is 13.2. The van der Waals surface area contributed by atoms with E-state index in [0.29, 0.717) is 18.6 Å². The molecule has 2 aliphatic rings. The van der Waals surface area contributed by atoms with Crippen LogP contribution in [0.5, 0.6) is 11.5 Å². The third kappa shape index (κ3) is 3.66. The minimum Gasteiger partial charge on any atom is -0.493 e. The monoisotopic (exact) mass is 371 g/mol. The van der Waals surface area contributed by atoms with Crippen molar-refractivity contribution >= 4 is 0 Å². The lowest BCUT2D eigenvalue weighted by Crippen LogP contribution is -2.36. The molecule has 27 heavy (non-hydrogen) atoms. The van der Waals surface area contributed by atoms with Crippen molar-refractivity contribution < 1.29 is 9.47 Å². The third-order valence-electron chi connectivity index (χ3n) is 5.62. The van der Waals surface area contributed by atoms with Gasteiger partial charge in [0.2, 0.25) is 0 Å². The van der Waals surface area contributed by atoms with E-state index >= 15 is 0 Å². The highest BCUT2D eigenvalue weighted by molar-refractivity contribution is 5.46. The van der Waals surface area contributed by atoms with Gasteiger partial charge in [0.25, 0.3) is 0 Å². The zero-order chi connectivity index (χ0) is 18.8. The summed E-state index contributed by atoms with van der Waals surface area (Å²) in [5.41, 5.74) is 7.12. The maximum atomic E-state index is 5.97. The predicted molar refractivity (Wildman–Crippen MR) is 103 cm³/mol. The van der Waals surface area contributed by atoms with E-state index in [1.165, 1.54) is 0 Å².